The Morgan fingerprint density at radius 1 is 1.36 bits per heavy atom. The summed E-state index contributed by atoms with van der Waals surface area (Å²) >= 11 is 6.03. The summed E-state index contributed by atoms with van der Waals surface area (Å²) in [5.74, 6) is 1.20. The first-order valence-electron chi connectivity index (χ1n) is 8.67. The van der Waals surface area contributed by atoms with E-state index in [0.29, 0.717) is 31.3 Å². The smallest absolute Gasteiger partial charge is 0.258 e. The molecule has 1 aromatic carbocycles. The molecule has 0 unspecified atom stereocenters. The molecule has 1 aliphatic carbocycles. The molecule has 7 heteroatoms. The van der Waals surface area contributed by atoms with Crippen LogP contribution < -0.4 is 0 Å². The highest BCUT2D eigenvalue weighted by atomic mass is 35.5. The summed E-state index contributed by atoms with van der Waals surface area (Å²) in [7, 11) is 0. The summed E-state index contributed by atoms with van der Waals surface area (Å²) in [6, 6.07) is 4.30. The first-order chi connectivity index (χ1) is 12.1. The predicted molar refractivity (Wildman–Crippen MR) is 90.0 cm³/mol. The molecule has 2 fully saturated rings. The molecule has 0 N–H and O–H groups in total. The number of piperidine rings is 1. The molecule has 2 aromatic rings. The van der Waals surface area contributed by atoms with Gasteiger partial charge in [0.15, 0.2) is 5.82 Å². The number of amides is 1. The lowest BCUT2D eigenvalue weighted by atomic mass is 9.94. The van der Waals surface area contributed by atoms with Gasteiger partial charge in [-0.3, -0.25) is 4.79 Å². The zero-order valence-corrected chi connectivity index (χ0v) is 14.5. The van der Waals surface area contributed by atoms with Gasteiger partial charge < -0.3 is 9.42 Å². The van der Waals surface area contributed by atoms with Gasteiger partial charge in [-0.1, -0.05) is 22.8 Å². The van der Waals surface area contributed by atoms with E-state index in [4.69, 9.17) is 16.1 Å². The average molecular weight is 364 g/mol. The highest BCUT2D eigenvalue weighted by Crippen LogP contribution is 2.38. The SMILES string of the molecule is O=C(c1c(F)cccc1Cl)N1CCC[C@H](Cc2nc(C3CC3)no2)C1. The third kappa shape index (κ3) is 3.54. The number of nitrogens with zero attached hydrogens (tertiary/aromatic N) is 3. The zero-order valence-electron chi connectivity index (χ0n) is 13.8. The van der Waals surface area contributed by atoms with Crippen LogP contribution in [0.5, 0.6) is 0 Å². The number of benzene rings is 1. The molecule has 0 radical (unpaired) electrons. The number of likely N-dealkylation sites (tertiary alicyclic amines) is 1. The van der Waals surface area contributed by atoms with Gasteiger partial charge in [-0.05, 0) is 43.7 Å². The van der Waals surface area contributed by atoms with E-state index in [-0.39, 0.29) is 22.4 Å². The minimum atomic E-state index is -0.578. The fourth-order valence-corrected chi connectivity index (χ4v) is 3.63. The van der Waals surface area contributed by atoms with Crippen molar-refractivity contribution in [3.63, 3.8) is 0 Å². The molecule has 4 rings (SSSR count). The highest BCUT2D eigenvalue weighted by Gasteiger charge is 2.31. The number of hydrogen-bond acceptors (Lipinski definition) is 4. The van der Waals surface area contributed by atoms with Crippen LogP contribution in [0.2, 0.25) is 5.02 Å². The third-order valence-electron chi connectivity index (χ3n) is 4.87. The molecule has 1 atom stereocenters. The lowest BCUT2D eigenvalue weighted by molar-refractivity contribution is 0.0663. The standard InChI is InChI=1S/C18H19ClFN3O2/c19-13-4-1-5-14(20)16(13)18(24)23-8-2-3-11(10-23)9-15-21-17(22-25-15)12-6-7-12/h1,4-5,11-12H,2-3,6-10H2/t11-/m1/s1. The van der Waals surface area contributed by atoms with E-state index in [1.165, 1.54) is 18.2 Å². The Morgan fingerprint density at radius 3 is 2.96 bits per heavy atom. The maximum absolute atomic E-state index is 14.0. The van der Waals surface area contributed by atoms with Crippen molar-refractivity contribution < 1.29 is 13.7 Å². The second-order valence-corrected chi connectivity index (χ2v) is 7.29. The lowest BCUT2D eigenvalue weighted by Gasteiger charge is -2.32. The molecule has 2 aliphatic rings. The molecule has 132 valence electrons. The summed E-state index contributed by atoms with van der Waals surface area (Å²) in [6.45, 7) is 1.15. The molecule has 0 spiro atoms. The minimum absolute atomic E-state index is 0.0429. The van der Waals surface area contributed by atoms with Gasteiger partial charge in [0.25, 0.3) is 5.91 Å². The van der Waals surface area contributed by atoms with Crippen molar-refractivity contribution >= 4 is 17.5 Å². The van der Waals surface area contributed by atoms with Crippen molar-refractivity contribution in [2.24, 2.45) is 5.92 Å². The lowest BCUT2D eigenvalue weighted by Crippen LogP contribution is -2.41. The molecule has 0 bridgehead atoms. The second-order valence-electron chi connectivity index (χ2n) is 6.88. The summed E-state index contributed by atoms with van der Waals surface area (Å²) in [6.07, 6.45) is 4.76. The summed E-state index contributed by atoms with van der Waals surface area (Å²) < 4.78 is 19.4. The Morgan fingerprint density at radius 2 is 2.20 bits per heavy atom. The number of aromatic nitrogens is 2. The quantitative estimate of drug-likeness (QED) is 0.828. The Labute approximate surface area is 150 Å². The second kappa shape index (κ2) is 6.75. The van der Waals surface area contributed by atoms with Crippen molar-refractivity contribution in [3.8, 4) is 0 Å². The zero-order chi connectivity index (χ0) is 17.4. The van der Waals surface area contributed by atoms with E-state index in [1.54, 1.807) is 4.90 Å². The van der Waals surface area contributed by atoms with Crippen molar-refractivity contribution in [2.75, 3.05) is 13.1 Å². The molecule has 2 heterocycles. The van der Waals surface area contributed by atoms with Crippen LogP contribution in [-0.2, 0) is 6.42 Å². The highest BCUT2D eigenvalue weighted by molar-refractivity contribution is 6.33. The topological polar surface area (TPSA) is 59.2 Å². The first-order valence-corrected chi connectivity index (χ1v) is 9.05. The van der Waals surface area contributed by atoms with Gasteiger partial charge in [-0.2, -0.15) is 4.98 Å². The number of hydrogen-bond donors (Lipinski definition) is 0. The maximum atomic E-state index is 14.0. The normalized spacial score (nSPS) is 20.7. The van der Waals surface area contributed by atoms with Crippen molar-refractivity contribution in [3.05, 3.63) is 46.3 Å². The monoisotopic (exact) mass is 363 g/mol. The van der Waals surface area contributed by atoms with Gasteiger partial charge >= 0.3 is 0 Å². The van der Waals surface area contributed by atoms with Crippen LogP contribution in [-0.4, -0.2) is 34.0 Å². The predicted octanol–water partition coefficient (Wildman–Crippen LogP) is 3.83. The average Bonchev–Trinajstić information content (AvgIpc) is 3.35. The largest absolute Gasteiger partial charge is 0.339 e. The number of carbonyl (C=O) groups excluding carboxylic acids is 1. The van der Waals surface area contributed by atoms with Crippen molar-refractivity contribution in [2.45, 2.75) is 38.0 Å². The van der Waals surface area contributed by atoms with E-state index in [0.717, 1.165) is 31.5 Å². The van der Waals surface area contributed by atoms with Crippen LogP contribution in [0, 0.1) is 11.7 Å². The van der Waals surface area contributed by atoms with Gasteiger partial charge in [-0.25, -0.2) is 4.39 Å². The molecule has 1 aliphatic heterocycles. The maximum Gasteiger partial charge on any atom is 0.258 e. The number of halogens is 2. The van der Waals surface area contributed by atoms with E-state index in [2.05, 4.69) is 10.1 Å². The van der Waals surface area contributed by atoms with Gasteiger partial charge in [-0.15, -0.1) is 0 Å². The number of rotatable bonds is 4. The summed E-state index contributed by atoms with van der Waals surface area (Å²) in [4.78, 5) is 18.8. The van der Waals surface area contributed by atoms with Gasteiger partial charge in [0, 0.05) is 25.4 Å². The molecular formula is C18H19ClFN3O2. The van der Waals surface area contributed by atoms with E-state index >= 15 is 0 Å². The fourth-order valence-electron chi connectivity index (χ4n) is 3.38. The molecule has 1 amide bonds. The Kier molecular flexibility index (Phi) is 4.46. The van der Waals surface area contributed by atoms with Gasteiger partial charge in [0.05, 0.1) is 10.6 Å². The third-order valence-corrected chi connectivity index (χ3v) is 5.19. The summed E-state index contributed by atoms with van der Waals surface area (Å²) in [5.41, 5.74) is -0.0429. The number of carbonyl (C=O) groups is 1. The van der Waals surface area contributed by atoms with Crippen LogP contribution in [0.1, 0.15) is 53.7 Å². The molecule has 25 heavy (non-hydrogen) atoms. The molecule has 1 saturated carbocycles. The molecule has 1 aromatic heterocycles. The van der Waals surface area contributed by atoms with Crippen molar-refractivity contribution in [1.29, 1.82) is 0 Å². The van der Waals surface area contributed by atoms with Crippen molar-refractivity contribution in [1.82, 2.24) is 15.0 Å². The van der Waals surface area contributed by atoms with Crippen LogP contribution in [0.3, 0.4) is 0 Å². The molecular weight excluding hydrogens is 345 g/mol. The molecule has 1 saturated heterocycles. The van der Waals surface area contributed by atoms with E-state index in [1.807, 2.05) is 0 Å². The van der Waals surface area contributed by atoms with E-state index < -0.39 is 5.82 Å². The first kappa shape index (κ1) is 16.5. The van der Waals surface area contributed by atoms with Crippen LogP contribution in [0.15, 0.2) is 22.7 Å². The minimum Gasteiger partial charge on any atom is -0.339 e. The van der Waals surface area contributed by atoms with Crippen LogP contribution in [0.25, 0.3) is 0 Å². The van der Waals surface area contributed by atoms with Gasteiger partial charge in [0.1, 0.15) is 5.82 Å². The summed E-state index contributed by atoms with van der Waals surface area (Å²) in [5, 5.41) is 4.19. The van der Waals surface area contributed by atoms with Crippen LogP contribution >= 0.6 is 11.6 Å². The van der Waals surface area contributed by atoms with E-state index in [9.17, 15) is 9.18 Å². The fraction of sp³-hybridized carbons (Fsp3) is 0.500. The molecule has 5 nitrogen and oxygen atoms in total. The Bertz CT molecular complexity index is 770. The Balaban J connectivity index is 1.44. The Hall–Kier alpha value is -1.95. The van der Waals surface area contributed by atoms with Crippen LogP contribution in [0.4, 0.5) is 4.39 Å². The van der Waals surface area contributed by atoms with Gasteiger partial charge in [0.2, 0.25) is 5.89 Å².